The first-order valence-corrected chi connectivity index (χ1v) is 16.5. The second kappa shape index (κ2) is 13.2. The van der Waals surface area contributed by atoms with Crippen molar-refractivity contribution in [2.45, 2.75) is 19.3 Å². The largest absolute Gasteiger partial charge is 0.493 e. The highest BCUT2D eigenvalue weighted by Gasteiger charge is 2.47. The van der Waals surface area contributed by atoms with E-state index in [2.05, 4.69) is 48.5 Å². The third-order valence-electron chi connectivity index (χ3n) is 9.66. The number of hydrogen-bond donors (Lipinski definition) is 2. The van der Waals surface area contributed by atoms with Gasteiger partial charge >= 0.3 is 0 Å². The first-order valence-electron chi connectivity index (χ1n) is 16.5. The smallest absolute Gasteiger partial charge is 0.211 e. The number of rotatable bonds is 10. The molecule has 0 aliphatic heterocycles. The predicted molar refractivity (Wildman–Crippen MR) is 201 cm³/mol. The average molecular weight is 681 g/mol. The summed E-state index contributed by atoms with van der Waals surface area (Å²) in [6.07, 6.45) is 0. The summed E-state index contributed by atoms with van der Waals surface area (Å²) in [7, 11) is 6.50. The molecular formula is C43H40N2O6. The van der Waals surface area contributed by atoms with Crippen LogP contribution in [0.15, 0.2) is 109 Å². The summed E-state index contributed by atoms with van der Waals surface area (Å²) in [5.74, 6) is 4.10. The van der Waals surface area contributed by atoms with E-state index in [0.29, 0.717) is 57.4 Å². The van der Waals surface area contributed by atoms with Crippen molar-refractivity contribution in [1.82, 2.24) is 0 Å². The molecule has 0 unspecified atom stereocenters. The summed E-state index contributed by atoms with van der Waals surface area (Å²) in [4.78, 5) is 0. The van der Waals surface area contributed by atoms with E-state index in [1.807, 2.05) is 74.5 Å². The lowest BCUT2D eigenvalue weighted by atomic mass is 9.67. The highest BCUT2D eigenvalue weighted by molar-refractivity contribution is 5.87. The van der Waals surface area contributed by atoms with E-state index >= 15 is 0 Å². The van der Waals surface area contributed by atoms with Gasteiger partial charge in [-0.1, -0.05) is 48.5 Å². The molecule has 4 N–H and O–H groups in total. The Morgan fingerprint density at radius 1 is 0.451 bits per heavy atom. The molecule has 0 aromatic heterocycles. The fraction of sp³-hybridized carbons (Fsp3) is 0.163. The Balaban J connectivity index is 1.50. The van der Waals surface area contributed by atoms with Crippen LogP contribution in [0.1, 0.15) is 33.4 Å². The molecule has 0 fully saturated rings. The Morgan fingerprint density at radius 3 is 1.14 bits per heavy atom. The summed E-state index contributed by atoms with van der Waals surface area (Å²) in [5, 5.41) is 0. The van der Waals surface area contributed by atoms with Crippen LogP contribution in [-0.4, -0.2) is 28.4 Å². The van der Waals surface area contributed by atoms with E-state index in [-0.39, 0.29) is 0 Å². The summed E-state index contributed by atoms with van der Waals surface area (Å²) < 4.78 is 37.1. The maximum atomic E-state index is 6.44. The molecular weight excluding hydrogens is 640 g/mol. The lowest BCUT2D eigenvalue weighted by molar-refractivity contribution is 0.343. The second-order valence-electron chi connectivity index (χ2n) is 12.5. The van der Waals surface area contributed by atoms with Gasteiger partial charge in [0.15, 0.2) is 23.0 Å². The number of methoxy groups -OCH3 is 4. The van der Waals surface area contributed by atoms with E-state index in [0.717, 1.165) is 44.5 Å². The number of fused-ring (bicyclic) bond motifs is 3. The summed E-state index contributed by atoms with van der Waals surface area (Å²) in [5.41, 5.74) is 20.6. The number of hydrogen-bond acceptors (Lipinski definition) is 8. The van der Waals surface area contributed by atoms with E-state index < -0.39 is 5.41 Å². The molecule has 0 spiro atoms. The van der Waals surface area contributed by atoms with E-state index in [4.69, 9.17) is 39.9 Å². The molecule has 8 heteroatoms. The Kier molecular flexibility index (Phi) is 8.61. The van der Waals surface area contributed by atoms with Crippen molar-refractivity contribution >= 4 is 11.4 Å². The van der Waals surface area contributed by atoms with Crippen LogP contribution in [0.3, 0.4) is 0 Å². The molecule has 258 valence electrons. The van der Waals surface area contributed by atoms with Crippen molar-refractivity contribution in [3.63, 3.8) is 0 Å². The van der Waals surface area contributed by atoms with E-state index in [1.165, 1.54) is 0 Å². The number of benzene rings is 6. The summed E-state index contributed by atoms with van der Waals surface area (Å²) >= 11 is 0. The van der Waals surface area contributed by atoms with Crippen molar-refractivity contribution in [3.05, 3.63) is 143 Å². The number of nitrogens with two attached hydrogens (primary N) is 2. The number of anilines is 2. The number of ether oxygens (including phenoxy) is 6. The minimum absolute atomic E-state index is 0.445. The molecule has 1 aliphatic rings. The fourth-order valence-corrected chi connectivity index (χ4v) is 7.08. The first-order chi connectivity index (χ1) is 24.7. The quantitative estimate of drug-likeness (QED) is 0.138. The lowest BCUT2D eigenvalue weighted by Gasteiger charge is -2.35. The fourth-order valence-electron chi connectivity index (χ4n) is 7.08. The third kappa shape index (κ3) is 5.49. The lowest BCUT2D eigenvalue weighted by Crippen LogP contribution is -2.29. The maximum absolute atomic E-state index is 6.44. The van der Waals surface area contributed by atoms with Crippen molar-refractivity contribution in [2.75, 3.05) is 39.9 Å². The van der Waals surface area contributed by atoms with Crippen molar-refractivity contribution in [1.29, 1.82) is 0 Å². The van der Waals surface area contributed by atoms with Gasteiger partial charge in [0.05, 0.1) is 33.9 Å². The topological polar surface area (TPSA) is 107 Å². The standard InChI is InChI=1S/C43H40N2O6/c1-25-19-29(15-17-35(25)44)50-41-37(46-3)21-27(22-38(41)47-4)43(33-13-9-7-11-31(33)32-12-8-10-14-34(32)43)28-23-39(48-5)42(40(24-28)49-6)51-30-16-18-36(45)26(2)20-30/h7-24H,44-45H2,1-6H3. The molecule has 1 aliphatic carbocycles. The molecule has 7 rings (SSSR count). The molecule has 0 saturated heterocycles. The van der Waals surface area contributed by atoms with Crippen molar-refractivity contribution < 1.29 is 28.4 Å². The van der Waals surface area contributed by atoms with Gasteiger partial charge < -0.3 is 39.9 Å². The predicted octanol–water partition coefficient (Wildman–Crippen LogP) is 9.45. The molecule has 8 nitrogen and oxygen atoms in total. The Hall–Kier alpha value is -6.28. The molecule has 6 aromatic rings. The van der Waals surface area contributed by atoms with Crippen LogP contribution in [0.25, 0.3) is 11.1 Å². The maximum Gasteiger partial charge on any atom is 0.211 e. The van der Waals surface area contributed by atoms with Gasteiger partial charge in [0, 0.05) is 11.4 Å². The Morgan fingerprint density at radius 2 is 0.804 bits per heavy atom. The zero-order valence-corrected chi connectivity index (χ0v) is 29.5. The monoisotopic (exact) mass is 680 g/mol. The molecule has 0 heterocycles. The molecule has 0 amide bonds. The van der Waals surface area contributed by atoms with Crippen LogP contribution in [0.5, 0.6) is 46.0 Å². The minimum Gasteiger partial charge on any atom is -0.493 e. The van der Waals surface area contributed by atoms with Crippen LogP contribution >= 0.6 is 0 Å². The van der Waals surface area contributed by atoms with Gasteiger partial charge in [-0.25, -0.2) is 0 Å². The average Bonchev–Trinajstić information content (AvgIpc) is 3.45. The van der Waals surface area contributed by atoms with Crippen LogP contribution in [0, 0.1) is 13.8 Å². The summed E-state index contributed by atoms with van der Waals surface area (Å²) in [6, 6.07) is 36.0. The third-order valence-corrected chi connectivity index (χ3v) is 9.66. The SMILES string of the molecule is COc1cc(C2(c3cc(OC)c(Oc4ccc(N)c(C)c4)c(OC)c3)c3ccccc3-c3ccccc32)cc(OC)c1Oc1ccc(N)c(C)c1. The zero-order chi connectivity index (χ0) is 35.9. The van der Waals surface area contributed by atoms with Crippen LogP contribution < -0.4 is 39.9 Å². The first kappa shape index (κ1) is 33.2. The second-order valence-corrected chi connectivity index (χ2v) is 12.5. The molecule has 0 radical (unpaired) electrons. The zero-order valence-electron chi connectivity index (χ0n) is 29.5. The Bertz CT molecular complexity index is 2070. The normalized spacial score (nSPS) is 12.4. The van der Waals surface area contributed by atoms with Gasteiger partial charge in [-0.3, -0.25) is 0 Å². The molecule has 0 bridgehead atoms. The van der Waals surface area contributed by atoms with Gasteiger partial charge in [0.25, 0.3) is 0 Å². The van der Waals surface area contributed by atoms with Crippen molar-refractivity contribution in [3.8, 4) is 57.1 Å². The number of nitrogen functional groups attached to an aromatic ring is 2. The molecule has 0 atom stereocenters. The molecule has 6 aromatic carbocycles. The van der Waals surface area contributed by atoms with Gasteiger partial charge in [-0.05, 0) is 119 Å². The van der Waals surface area contributed by atoms with Crippen molar-refractivity contribution in [2.24, 2.45) is 0 Å². The highest BCUT2D eigenvalue weighted by atomic mass is 16.5. The summed E-state index contributed by atoms with van der Waals surface area (Å²) in [6.45, 7) is 3.88. The Labute approximate surface area is 298 Å². The van der Waals surface area contributed by atoms with Gasteiger partial charge in [0.1, 0.15) is 11.5 Å². The molecule has 51 heavy (non-hydrogen) atoms. The van der Waals surface area contributed by atoms with Crippen LogP contribution in [0.4, 0.5) is 11.4 Å². The van der Waals surface area contributed by atoms with Crippen LogP contribution in [0.2, 0.25) is 0 Å². The highest BCUT2D eigenvalue weighted by Crippen LogP contribution is 2.59. The van der Waals surface area contributed by atoms with Gasteiger partial charge in [-0.2, -0.15) is 0 Å². The van der Waals surface area contributed by atoms with Crippen LogP contribution in [-0.2, 0) is 5.41 Å². The molecule has 0 saturated carbocycles. The van der Waals surface area contributed by atoms with Gasteiger partial charge in [-0.15, -0.1) is 0 Å². The van der Waals surface area contributed by atoms with E-state index in [1.54, 1.807) is 28.4 Å². The number of aryl methyl sites for hydroxylation is 2. The minimum atomic E-state index is -0.874. The van der Waals surface area contributed by atoms with Gasteiger partial charge in [0.2, 0.25) is 11.5 Å². The van der Waals surface area contributed by atoms with E-state index in [9.17, 15) is 0 Å².